The van der Waals surface area contributed by atoms with E-state index in [1.807, 2.05) is 18.2 Å². The van der Waals surface area contributed by atoms with Gasteiger partial charge in [-0.3, -0.25) is 0 Å². The maximum Gasteiger partial charge on any atom is 0.181 e. The molecule has 18 heavy (non-hydrogen) atoms. The lowest BCUT2D eigenvalue weighted by atomic mass is 10.0. The number of oxazole rings is 1. The first-order valence-corrected chi connectivity index (χ1v) is 5.55. The van der Waals surface area contributed by atoms with Crippen LogP contribution in [0.25, 0.3) is 22.2 Å². The predicted octanol–water partition coefficient (Wildman–Crippen LogP) is 3.41. The SMILES string of the molecule is N#Cc1c(-c2ccc3ncoc3c2)ccnc1Cl. The summed E-state index contributed by atoms with van der Waals surface area (Å²) in [4.78, 5) is 7.94. The van der Waals surface area contributed by atoms with Crippen LogP contribution in [0.5, 0.6) is 0 Å². The van der Waals surface area contributed by atoms with Crippen molar-refractivity contribution < 1.29 is 4.42 Å². The summed E-state index contributed by atoms with van der Waals surface area (Å²) < 4.78 is 5.24. The van der Waals surface area contributed by atoms with Crippen molar-refractivity contribution in [2.45, 2.75) is 0 Å². The summed E-state index contributed by atoms with van der Waals surface area (Å²) in [7, 11) is 0. The lowest BCUT2D eigenvalue weighted by Crippen LogP contribution is -1.88. The standard InChI is InChI=1S/C13H6ClN3O/c14-13-10(6-15)9(3-4-16-13)8-1-2-11-12(5-8)18-7-17-11/h1-5,7H. The van der Waals surface area contributed by atoms with Gasteiger partial charge in [0.1, 0.15) is 16.7 Å². The first-order valence-electron chi connectivity index (χ1n) is 5.18. The molecule has 0 unspecified atom stereocenters. The van der Waals surface area contributed by atoms with Crippen molar-refractivity contribution in [3.05, 3.63) is 47.6 Å². The highest BCUT2D eigenvalue weighted by molar-refractivity contribution is 6.31. The van der Waals surface area contributed by atoms with Gasteiger partial charge in [0.15, 0.2) is 12.0 Å². The van der Waals surface area contributed by atoms with Crippen molar-refractivity contribution in [2.24, 2.45) is 0 Å². The Morgan fingerprint density at radius 2 is 2.11 bits per heavy atom. The number of benzene rings is 1. The van der Waals surface area contributed by atoms with E-state index in [1.54, 1.807) is 12.3 Å². The van der Waals surface area contributed by atoms with Crippen LogP contribution in [-0.4, -0.2) is 9.97 Å². The van der Waals surface area contributed by atoms with E-state index in [2.05, 4.69) is 16.0 Å². The van der Waals surface area contributed by atoms with Gasteiger partial charge in [0.25, 0.3) is 0 Å². The Labute approximate surface area is 107 Å². The van der Waals surface area contributed by atoms with Gasteiger partial charge >= 0.3 is 0 Å². The third-order valence-electron chi connectivity index (χ3n) is 2.66. The summed E-state index contributed by atoms with van der Waals surface area (Å²) in [5, 5.41) is 9.33. The average molecular weight is 256 g/mol. The second-order valence-corrected chi connectivity index (χ2v) is 4.03. The molecule has 0 fully saturated rings. The van der Waals surface area contributed by atoms with Gasteiger partial charge in [-0.2, -0.15) is 5.26 Å². The molecule has 0 atom stereocenters. The number of hydrogen-bond acceptors (Lipinski definition) is 4. The molecular weight excluding hydrogens is 250 g/mol. The predicted molar refractivity (Wildman–Crippen MR) is 67.0 cm³/mol. The molecule has 1 aromatic carbocycles. The normalized spacial score (nSPS) is 10.4. The smallest absolute Gasteiger partial charge is 0.181 e. The Kier molecular flexibility index (Phi) is 2.47. The third-order valence-corrected chi connectivity index (χ3v) is 2.95. The zero-order valence-corrected chi connectivity index (χ0v) is 9.85. The molecule has 0 spiro atoms. The van der Waals surface area contributed by atoms with Crippen LogP contribution >= 0.6 is 11.6 Å². The molecule has 5 heteroatoms. The van der Waals surface area contributed by atoms with Crippen LogP contribution in [0.4, 0.5) is 0 Å². The van der Waals surface area contributed by atoms with Crippen LogP contribution in [0.1, 0.15) is 5.56 Å². The molecule has 3 aromatic rings. The van der Waals surface area contributed by atoms with E-state index in [4.69, 9.17) is 21.3 Å². The largest absolute Gasteiger partial charge is 0.443 e. The molecular formula is C13H6ClN3O. The van der Waals surface area contributed by atoms with Gasteiger partial charge in [0, 0.05) is 11.8 Å². The summed E-state index contributed by atoms with van der Waals surface area (Å²) in [5.41, 5.74) is 3.38. The Morgan fingerprint density at radius 1 is 1.22 bits per heavy atom. The molecule has 0 saturated carbocycles. The number of hydrogen-bond donors (Lipinski definition) is 0. The van der Waals surface area contributed by atoms with E-state index < -0.39 is 0 Å². The first-order chi connectivity index (χ1) is 8.79. The lowest BCUT2D eigenvalue weighted by Gasteiger charge is -2.04. The summed E-state index contributed by atoms with van der Waals surface area (Å²) >= 11 is 5.91. The van der Waals surface area contributed by atoms with Crippen molar-refractivity contribution in [3.63, 3.8) is 0 Å². The van der Waals surface area contributed by atoms with Crippen LogP contribution in [0.2, 0.25) is 5.15 Å². The van der Waals surface area contributed by atoms with Crippen LogP contribution in [0, 0.1) is 11.3 Å². The fourth-order valence-electron chi connectivity index (χ4n) is 1.81. The number of nitriles is 1. The number of aromatic nitrogens is 2. The van der Waals surface area contributed by atoms with Crippen molar-refractivity contribution in [1.82, 2.24) is 9.97 Å². The summed E-state index contributed by atoms with van der Waals surface area (Å²) in [6.07, 6.45) is 2.96. The molecule has 0 radical (unpaired) electrons. The molecule has 2 heterocycles. The van der Waals surface area contributed by atoms with Gasteiger partial charge < -0.3 is 4.42 Å². The van der Waals surface area contributed by atoms with Gasteiger partial charge in [0.05, 0.1) is 5.56 Å². The van der Waals surface area contributed by atoms with Crippen molar-refractivity contribution in [1.29, 1.82) is 5.26 Å². The van der Waals surface area contributed by atoms with Gasteiger partial charge in [-0.25, -0.2) is 9.97 Å². The Bertz CT molecular complexity index is 773. The van der Waals surface area contributed by atoms with Gasteiger partial charge in [-0.05, 0) is 23.8 Å². The van der Waals surface area contributed by atoms with E-state index in [-0.39, 0.29) is 5.15 Å². The number of fused-ring (bicyclic) bond motifs is 1. The van der Waals surface area contributed by atoms with Gasteiger partial charge in [-0.15, -0.1) is 0 Å². The van der Waals surface area contributed by atoms with Crippen LogP contribution < -0.4 is 0 Å². The molecule has 4 nitrogen and oxygen atoms in total. The zero-order chi connectivity index (χ0) is 12.5. The molecule has 0 amide bonds. The zero-order valence-electron chi connectivity index (χ0n) is 9.09. The highest BCUT2D eigenvalue weighted by atomic mass is 35.5. The Balaban J connectivity index is 2.26. The Hall–Kier alpha value is -2.38. The molecule has 2 aromatic heterocycles. The minimum atomic E-state index is 0.202. The van der Waals surface area contributed by atoms with Crippen LogP contribution in [-0.2, 0) is 0 Å². The van der Waals surface area contributed by atoms with Gasteiger partial charge in [-0.1, -0.05) is 17.7 Å². The highest BCUT2D eigenvalue weighted by Gasteiger charge is 2.10. The van der Waals surface area contributed by atoms with Crippen LogP contribution in [0.3, 0.4) is 0 Å². The number of rotatable bonds is 1. The summed E-state index contributed by atoms with van der Waals surface area (Å²) in [5.74, 6) is 0. The minimum Gasteiger partial charge on any atom is -0.443 e. The molecule has 3 rings (SSSR count). The topological polar surface area (TPSA) is 62.7 Å². The quantitative estimate of drug-likeness (QED) is 0.625. The van der Waals surface area contributed by atoms with E-state index in [9.17, 15) is 0 Å². The number of halogens is 1. The van der Waals surface area contributed by atoms with Crippen molar-refractivity contribution >= 4 is 22.7 Å². The number of nitrogens with zero attached hydrogens (tertiary/aromatic N) is 3. The van der Waals surface area contributed by atoms with E-state index in [1.165, 1.54) is 6.39 Å². The average Bonchev–Trinajstić information content (AvgIpc) is 2.85. The summed E-state index contributed by atoms with van der Waals surface area (Å²) in [6.45, 7) is 0. The fraction of sp³-hybridized carbons (Fsp3) is 0. The van der Waals surface area contributed by atoms with Crippen molar-refractivity contribution in [2.75, 3.05) is 0 Å². The van der Waals surface area contributed by atoms with E-state index >= 15 is 0 Å². The van der Waals surface area contributed by atoms with E-state index in [0.29, 0.717) is 11.1 Å². The highest BCUT2D eigenvalue weighted by Crippen LogP contribution is 2.29. The second kappa shape index (κ2) is 4.13. The van der Waals surface area contributed by atoms with Crippen molar-refractivity contribution in [3.8, 4) is 17.2 Å². The first kappa shape index (κ1) is 10.8. The second-order valence-electron chi connectivity index (χ2n) is 3.67. The molecule has 86 valence electrons. The maximum atomic E-state index is 9.12. The summed E-state index contributed by atoms with van der Waals surface area (Å²) in [6, 6.07) is 9.35. The Morgan fingerprint density at radius 3 is 2.94 bits per heavy atom. The molecule has 0 aliphatic carbocycles. The molecule has 0 aliphatic rings. The number of pyridine rings is 1. The van der Waals surface area contributed by atoms with Crippen LogP contribution in [0.15, 0.2) is 41.3 Å². The molecule has 0 aliphatic heterocycles. The lowest BCUT2D eigenvalue weighted by molar-refractivity contribution is 0.602. The molecule has 0 N–H and O–H groups in total. The maximum absolute atomic E-state index is 9.12. The monoisotopic (exact) mass is 255 g/mol. The fourth-order valence-corrected chi connectivity index (χ4v) is 2.01. The minimum absolute atomic E-state index is 0.202. The van der Waals surface area contributed by atoms with E-state index in [0.717, 1.165) is 16.6 Å². The van der Waals surface area contributed by atoms with Gasteiger partial charge in [0.2, 0.25) is 0 Å². The molecule has 0 saturated heterocycles. The third kappa shape index (κ3) is 1.62. The molecule has 0 bridgehead atoms.